The molecule has 2 rings (SSSR count). The highest BCUT2D eigenvalue weighted by Crippen LogP contribution is 2.37. The number of rotatable bonds is 2. The van der Waals surface area contributed by atoms with Crippen LogP contribution in [0.1, 0.15) is 12.8 Å². The van der Waals surface area contributed by atoms with Crippen LogP contribution in [0, 0.1) is 0 Å². The molecule has 12 heteroatoms. The van der Waals surface area contributed by atoms with Gasteiger partial charge in [0.25, 0.3) is 25.9 Å². The zero-order valence-corrected chi connectivity index (χ0v) is 12.3. The number of nitrogens with zero attached hydrogens (tertiary/aromatic N) is 4. The van der Waals surface area contributed by atoms with Gasteiger partial charge in [0.15, 0.2) is 0 Å². The first kappa shape index (κ1) is 16.2. The zero-order chi connectivity index (χ0) is 16.7. The van der Waals surface area contributed by atoms with Crippen molar-refractivity contribution in [1.82, 2.24) is 0 Å². The summed E-state index contributed by atoms with van der Waals surface area (Å²) in [6, 6.07) is 0. The van der Waals surface area contributed by atoms with Gasteiger partial charge in [0, 0.05) is 11.6 Å². The Morgan fingerprint density at radius 2 is 1.59 bits per heavy atom. The SMILES string of the molecule is [N-]=[N+]=C1CC2=C(S(=O)(=O)O)C=CC(=[N+]=[N-])C2=C(S(=O)(=O)O)C1. The minimum absolute atomic E-state index is 0.153. The molecule has 0 aliphatic heterocycles. The molecule has 0 aromatic carbocycles. The fourth-order valence-corrected chi connectivity index (χ4v) is 3.82. The van der Waals surface area contributed by atoms with Crippen molar-refractivity contribution in [2.24, 2.45) is 0 Å². The van der Waals surface area contributed by atoms with Crippen molar-refractivity contribution in [2.45, 2.75) is 12.8 Å². The molecule has 2 aliphatic rings. The number of allylic oxidation sites excluding steroid dienone is 5. The van der Waals surface area contributed by atoms with E-state index in [0.717, 1.165) is 12.2 Å². The minimum atomic E-state index is -4.80. The van der Waals surface area contributed by atoms with E-state index < -0.39 is 36.5 Å². The fraction of sp³-hybridized carbons (Fsp3) is 0.200. The highest BCUT2D eigenvalue weighted by molar-refractivity contribution is 7.90. The van der Waals surface area contributed by atoms with Gasteiger partial charge in [-0.1, -0.05) is 0 Å². The highest BCUT2D eigenvalue weighted by Gasteiger charge is 2.42. The second kappa shape index (κ2) is 5.21. The van der Waals surface area contributed by atoms with Gasteiger partial charge in [-0.2, -0.15) is 26.4 Å². The molecule has 0 aromatic heterocycles. The van der Waals surface area contributed by atoms with Crippen molar-refractivity contribution in [2.75, 3.05) is 0 Å². The van der Waals surface area contributed by atoms with Crippen LogP contribution in [0.5, 0.6) is 0 Å². The van der Waals surface area contributed by atoms with Gasteiger partial charge >= 0.3 is 5.71 Å². The molecule has 0 atom stereocenters. The zero-order valence-electron chi connectivity index (χ0n) is 10.7. The monoisotopic (exact) mass is 344 g/mol. The van der Waals surface area contributed by atoms with Gasteiger partial charge in [-0.05, 0) is 6.08 Å². The third-order valence-corrected chi connectivity index (χ3v) is 5.02. The predicted octanol–water partition coefficient (Wildman–Crippen LogP) is -0.0246. The van der Waals surface area contributed by atoms with Crippen LogP contribution in [0.2, 0.25) is 0 Å². The van der Waals surface area contributed by atoms with E-state index in [9.17, 15) is 25.9 Å². The Bertz CT molecular complexity index is 970. The van der Waals surface area contributed by atoms with Crippen LogP contribution in [-0.4, -0.2) is 46.9 Å². The molecule has 0 saturated heterocycles. The van der Waals surface area contributed by atoms with Crippen molar-refractivity contribution in [3.05, 3.63) is 44.2 Å². The van der Waals surface area contributed by atoms with Crippen LogP contribution in [0.3, 0.4) is 0 Å². The van der Waals surface area contributed by atoms with E-state index in [-0.39, 0.29) is 29.0 Å². The maximum Gasteiger partial charge on any atom is 0.323 e. The lowest BCUT2D eigenvalue weighted by atomic mass is 9.86. The average Bonchev–Trinajstić information content (AvgIpc) is 2.42. The molecule has 0 radical (unpaired) electrons. The molecule has 0 spiro atoms. The van der Waals surface area contributed by atoms with Crippen LogP contribution in [-0.2, 0) is 20.2 Å². The maximum atomic E-state index is 11.5. The fourth-order valence-electron chi connectivity index (χ4n) is 2.26. The lowest BCUT2D eigenvalue weighted by Crippen LogP contribution is -2.26. The van der Waals surface area contributed by atoms with Crippen molar-refractivity contribution in [3.8, 4) is 0 Å². The molecule has 2 N–H and O–H groups in total. The van der Waals surface area contributed by atoms with Crippen LogP contribution in [0.25, 0.3) is 11.1 Å². The molecule has 0 amide bonds. The summed E-state index contributed by atoms with van der Waals surface area (Å²) in [5.74, 6) is 0. The highest BCUT2D eigenvalue weighted by atomic mass is 32.2. The van der Waals surface area contributed by atoms with Gasteiger partial charge in [0.05, 0.1) is 28.2 Å². The minimum Gasteiger partial charge on any atom is -0.362 e. The molecular weight excluding hydrogens is 336 g/mol. The van der Waals surface area contributed by atoms with Crippen molar-refractivity contribution in [1.29, 1.82) is 0 Å². The second-order valence-corrected chi connectivity index (χ2v) is 7.26. The quantitative estimate of drug-likeness (QED) is 0.403. The summed E-state index contributed by atoms with van der Waals surface area (Å²) in [6.07, 6.45) is 1.06. The molecule has 2 aliphatic carbocycles. The third-order valence-electron chi connectivity index (χ3n) is 3.11. The molecule has 116 valence electrons. The number of fused-ring (bicyclic) bond motifs is 1. The Labute approximate surface area is 124 Å². The first-order valence-corrected chi connectivity index (χ1v) is 8.49. The van der Waals surface area contributed by atoms with Crippen molar-refractivity contribution in [3.63, 3.8) is 0 Å². The Morgan fingerprint density at radius 3 is 2.05 bits per heavy atom. The summed E-state index contributed by atoms with van der Waals surface area (Å²) in [5, 5.41) is 0. The first-order valence-electron chi connectivity index (χ1n) is 5.61. The van der Waals surface area contributed by atoms with Crippen LogP contribution < -0.4 is 0 Å². The normalized spacial score (nSPS) is 19.0. The molecule has 22 heavy (non-hydrogen) atoms. The van der Waals surface area contributed by atoms with E-state index in [2.05, 4.69) is 9.58 Å². The van der Waals surface area contributed by atoms with Gasteiger partial charge in [0.1, 0.15) is 0 Å². The van der Waals surface area contributed by atoms with Crippen LogP contribution in [0.4, 0.5) is 0 Å². The van der Waals surface area contributed by atoms with E-state index in [1.54, 1.807) is 0 Å². The van der Waals surface area contributed by atoms with E-state index in [1.165, 1.54) is 0 Å². The van der Waals surface area contributed by atoms with Crippen molar-refractivity contribution < 1.29 is 35.5 Å². The van der Waals surface area contributed by atoms with E-state index >= 15 is 0 Å². The predicted molar refractivity (Wildman–Crippen MR) is 72.8 cm³/mol. The van der Waals surface area contributed by atoms with Crippen LogP contribution >= 0.6 is 0 Å². The van der Waals surface area contributed by atoms with E-state index in [0.29, 0.717) is 0 Å². The summed E-state index contributed by atoms with van der Waals surface area (Å²) < 4.78 is 64.3. The Morgan fingerprint density at radius 1 is 0.955 bits per heavy atom. The Kier molecular flexibility index (Phi) is 3.83. The summed E-state index contributed by atoms with van der Waals surface area (Å²) in [6.45, 7) is 0. The smallest absolute Gasteiger partial charge is 0.323 e. The average molecular weight is 344 g/mol. The van der Waals surface area contributed by atoms with Crippen LogP contribution in [0.15, 0.2) is 33.1 Å². The topological polar surface area (TPSA) is 182 Å². The van der Waals surface area contributed by atoms with Gasteiger partial charge in [-0.3, -0.25) is 9.11 Å². The van der Waals surface area contributed by atoms with E-state index in [1.807, 2.05) is 0 Å². The molecule has 0 aromatic rings. The van der Waals surface area contributed by atoms with Crippen molar-refractivity contribution >= 4 is 31.7 Å². The molecular formula is C10H8N4O6S2. The number of hydrogen-bond acceptors (Lipinski definition) is 4. The summed E-state index contributed by atoms with van der Waals surface area (Å²) >= 11 is 0. The first-order chi connectivity index (χ1) is 10.1. The lowest BCUT2D eigenvalue weighted by Gasteiger charge is -2.19. The third kappa shape index (κ3) is 2.74. The molecule has 0 fully saturated rings. The summed E-state index contributed by atoms with van der Waals surface area (Å²) in [7, 11) is -9.52. The van der Waals surface area contributed by atoms with E-state index in [4.69, 9.17) is 11.1 Å². The summed E-state index contributed by atoms with van der Waals surface area (Å²) in [5.41, 5.74) is 16.7. The maximum absolute atomic E-state index is 11.5. The molecule has 10 nitrogen and oxygen atoms in total. The van der Waals surface area contributed by atoms with Gasteiger partial charge in [-0.15, -0.1) is 0 Å². The second-order valence-electron chi connectivity index (χ2n) is 4.43. The largest absolute Gasteiger partial charge is 0.362 e. The molecule has 0 saturated carbocycles. The van der Waals surface area contributed by atoms with Gasteiger partial charge < -0.3 is 11.1 Å². The Hall–Kier alpha value is -2.20. The van der Waals surface area contributed by atoms with Gasteiger partial charge in [0.2, 0.25) is 0 Å². The summed E-state index contributed by atoms with van der Waals surface area (Å²) in [4.78, 5) is 4.35. The Balaban J connectivity index is 3.02. The molecule has 0 bridgehead atoms. The number of hydrogen-bond donors (Lipinski definition) is 2. The molecule has 0 unspecified atom stereocenters. The standard InChI is InChI=1S/C10H8N4O6S2/c11-13-5-3-6-8(21(15,16)17)2-1-7(14-12)10(6)9(4-5)22(18,19)20/h1-2H,3-4H2,(H,15,16,17)(H,18,19,20). The van der Waals surface area contributed by atoms with Gasteiger partial charge in [-0.25, -0.2) is 0 Å². The molecule has 0 heterocycles. The lowest BCUT2D eigenvalue weighted by molar-refractivity contribution is -0.0102.